The van der Waals surface area contributed by atoms with Gasteiger partial charge in [-0.05, 0) is 30.9 Å². The summed E-state index contributed by atoms with van der Waals surface area (Å²) in [5.41, 5.74) is 0.875. The second-order valence-electron chi connectivity index (χ2n) is 4.42. The quantitative estimate of drug-likeness (QED) is 0.656. The van der Waals surface area contributed by atoms with E-state index in [2.05, 4.69) is 10.6 Å². The van der Waals surface area contributed by atoms with E-state index in [0.29, 0.717) is 17.8 Å². The minimum atomic E-state index is -0.463. The Morgan fingerprint density at radius 3 is 2.81 bits per heavy atom. The number of hydrogen-bond acceptors (Lipinski definition) is 4. The van der Waals surface area contributed by atoms with Crippen LogP contribution in [0.25, 0.3) is 0 Å². The third kappa shape index (κ3) is 4.03. The van der Waals surface area contributed by atoms with Crippen LogP contribution in [0.5, 0.6) is 0 Å². The summed E-state index contributed by atoms with van der Waals surface area (Å²) in [6.45, 7) is 2.12. The first-order chi connectivity index (χ1) is 10.1. The SMILES string of the molecule is Cc1c(NC(=O)NCCc2cccs2)cccc1[N+](=O)[O-]. The average Bonchev–Trinajstić information content (AvgIpc) is 2.94. The van der Waals surface area contributed by atoms with Gasteiger partial charge in [-0.25, -0.2) is 4.79 Å². The molecule has 7 heteroatoms. The van der Waals surface area contributed by atoms with Gasteiger partial charge in [0.2, 0.25) is 0 Å². The molecule has 1 heterocycles. The lowest BCUT2D eigenvalue weighted by atomic mass is 10.1. The fourth-order valence-corrected chi connectivity index (χ4v) is 2.59. The van der Waals surface area contributed by atoms with Crippen molar-refractivity contribution >= 4 is 28.7 Å². The van der Waals surface area contributed by atoms with Gasteiger partial charge in [0.1, 0.15) is 0 Å². The van der Waals surface area contributed by atoms with Crippen molar-refractivity contribution in [2.24, 2.45) is 0 Å². The van der Waals surface area contributed by atoms with Crippen molar-refractivity contribution in [2.75, 3.05) is 11.9 Å². The summed E-state index contributed by atoms with van der Waals surface area (Å²) >= 11 is 1.64. The van der Waals surface area contributed by atoms with Gasteiger partial charge in [0.15, 0.2) is 0 Å². The summed E-state index contributed by atoms with van der Waals surface area (Å²) in [6.07, 6.45) is 0.763. The number of hydrogen-bond donors (Lipinski definition) is 2. The number of anilines is 1. The van der Waals surface area contributed by atoms with E-state index in [1.807, 2.05) is 17.5 Å². The first kappa shape index (κ1) is 15.0. The normalized spacial score (nSPS) is 10.1. The van der Waals surface area contributed by atoms with Gasteiger partial charge >= 0.3 is 6.03 Å². The van der Waals surface area contributed by atoms with Crippen molar-refractivity contribution in [2.45, 2.75) is 13.3 Å². The van der Waals surface area contributed by atoms with Gasteiger partial charge < -0.3 is 10.6 Å². The monoisotopic (exact) mass is 305 g/mol. The molecule has 2 aromatic rings. The number of amides is 2. The summed E-state index contributed by atoms with van der Waals surface area (Å²) in [4.78, 5) is 23.4. The van der Waals surface area contributed by atoms with Crippen LogP contribution in [-0.2, 0) is 6.42 Å². The molecule has 2 amide bonds. The van der Waals surface area contributed by atoms with E-state index in [9.17, 15) is 14.9 Å². The van der Waals surface area contributed by atoms with Crippen LogP contribution in [0.3, 0.4) is 0 Å². The summed E-state index contributed by atoms with van der Waals surface area (Å²) < 4.78 is 0. The van der Waals surface area contributed by atoms with Crippen molar-refractivity contribution in [3.63, 3.8) is 0 Å². The van der Waals surface area contributed by atoms with E-state index in [4.69, 9.17) is 0 Å². The van der Waals surface area contributed by atoms with E-state index < -0.39 is 4.92 Å². The van der Waals surface area contributed by atoms with Gasteiger partial charge in [0, 0.05) is 17.5 Å². The van der Waals surface area contributed by atoms with Gasteiger partial charge in [-0.3, -0.25) is 10.1 Å². The molecule has 6 nitrogen and oxygen atoms in total. The van der Waals surface area contributed by atoms with E-state index in [0.717, 1.165) is 6.42 Å². The molecule has 0 atom stereocenters. The number of thiophene rings is 1. The lowest BCUT2D eigenvalue weighted by molar-refractivity contribution is -0.385. The smallest absolute Gasteiger partial charge is 0.319 e. The third-order valence-corrected chi connectivity index (χ3v) is 3.92. The van der Waals surface area contributed by atoms with Gasteiger partial charge in [-0.15, -0.1) is 11.3 Å². The third-order valence-electron chi connectivity index (χ3n) is 2.99. The molecule has 2 N–H and O–H groups in total. The van der Waals surface area contributed by atoms with Gasteiger partial charge in [0.25, 0.3) is 5.69 Å². The van der Waals surface area contributed by atoms with E-state index >= 15 is 0 Å². The molecule has 0 unspecified atom stereocenters. The molecular weight excluding hydrogens is 290 g/mol. The second-order valence-corrected chi connectivity index (χ2v) is 5.45. The maximum absolute atomic E-state index is 11.8. The molecule has 110 valence electrons. The van der Waals surface area contributed by atoms with Crippen LogP contribution in [0.2, 0.25) is 0 Å². The van der Waals surface area contributed by atoms with E-state index in [1.165, 1.54) is 10.9 Å². The van der Waals surface area contributed by atoms with Crippen LogP contribution in [0.1, 0.15) is 10.4 Å². The Kier molecular flexibility index (Phi) is 4.89. The van der Waals surface area contributed by atoms with Gasteiger partial charge in [0.05, 0.1) is 16.2 Å². The first-order valence-electron chi connectivity index (χ1n) is 6.39. The molecule has 0 fully saturated rings. The van der Waals surface area contributed by atoms with Crippen molar-refractivity contribution < 1.29 is 9.72 Å². The minimum Gasteiger partial charge on any atom is -0.338 e. The molecule has 2 rings (SSSR count). The number of nitrogens with one attached hydrogen (secondary N) is 2. The Morgan fingerprint density at radius 2 is 2.14 bits per heavy atom. The number of urea groups is 1. The highest BCUT2D eigenvalue weighted by Gasteiger charge is 2.14. The van der Waals surface area contributed by atoms with Crippen molar-refractivity contribution in [3.05, 3.63) is 56.3 Å². The van der Waals surface area contributed by atoms with Crippen LogP contribution in [0.4, 0.5) is 16.2 Å². The maximum Gasteiger partial charge on any atom is 0.319 e. The van der Waals surface area contributed by atoms with Crippen LogP contribution < -0.4 is 10.6 Å². The standard InChI is InChI=1S/C14H15N3O3S/c1-10-12(5-2-6-13(10)17(19)20)16-14(18)15-8-7-11-4-3-9-21-11/h2-6,9H,7-8H2,1H3,(H2,15,16,18). The largest absolute Gasteiger partial charge is 0.338 e. The topological polar surface area (TPSA) is 84.3 Å². The predicted octanol–water partition coefficient (Wildman–Crippen LogP) is 3.33. The Morgan fingerprint density at radius 1 is 1.33 bits per heavy atom. The van der Waals surface area contributed by atoms with Crippen LogP contribution in [-0.4, -0.2) is 17.5 Å². The zero-order valence-corrected chi connectivity index (χ0v) is 12.3. The predicted molar refractivity (Wildman–Crippen MR) is 82.9 cm³/mol. The molecule has 1 aromatic carbocycles. The number of nitro benzene ring substituents is 1. The summed E-state index contributed by atoms with van der Waals surface area (Å²) in [5, 5.41) is 18.2. The van der Waals surface area contributed by atoms with Crippen molar-refractivity contribution in [1.29, 1.82) is 0 Å². The average molecular weight is 305 g/mol. The van der Waals surface area contributed by atoms with Crippen molar-refractivity contribution in [1.82, 2.24) is 5.32 Å². The Balaban J connectivity index is 1.90. The van der Waals surface area contributed by atoms with Crippen molar-refractivity contribution in [3.8, 4) is 0 Å². The zero-order chi connectivity index (χ0) is 15.2. The molecule has 0 aliphatic carbocycles. The summed E-state index contributed by atoms with van der Waals surface area (Å²) in [7, 11) is 0. The number of nitro groups is 1. The summed E-state index contributed by atoms with van der Waals surface area (Å²) in [6, 6.07) is 8.21. The lowest BCUT2D eigenvalue weighted by Gasteiger charge is -2.09. The van der Waals surface area contributed by atoms with Crippen LogP contribution in [0, 0.1) is 17.0 Å². The molecule has 0 aliphatic rings. The molecular formula is C14H15N3O3S. The number of nitrogens with zero attached hydrogens (tertiary/aromatic N) is 1. The highest BCUT2D eigenvalue weighted by atomic mass is 32.1. The van der Waals surface area contributed by atoms with Crippen LogP contribution in [0.15, 0.2) is 35.7 Å². The fourth-order valence-electron chi connectivity index (χ4n) is 1.88. The first-order valence-corrected chi connectivity index (χ1v) is 7.27. The number of rotatable bonds is 5. The molecule has 21 heavy (non-hydrogen) atoms. The lowest BCUT2D eigenvalue weighted by Crippen LogP contribution is -2.30. The molecule has 1 aromatic heterocycles. The fraction of sp³-hybridized carbons (Fsp3) is 0.214. The molecule has 0 aliphatic heterocycles. The Bertz CT molecular complexity index is 641. The van der Waals surface area contributed by atoms with Gasteiger partial charge in [-0.2, -0.15) is 0 Å². The number of carbonyl (C=O) groups is 1. The molecule has 0 saturated heterocycles. The molecule has 0 saturated carbocycles. The summed E-state index contributed by atoms with van der Waals surface area (Å²) in [5.74, 6) is 0. The number of benzene rings is 1. The Labute approximate surface area is 126 Å². The highest BCUT2D eigenvalue weighted by molar-refractivity contribution is 7.09. The Hall–Kier alpha value is -2.41. The van der Waals surface area contributed by atoms with E-state index in [-0.39, 0.29) is 11.7 Å². The molecule has 0 spiro atoms. The minimum absolute atomic E-state index is 0.00798. The second kappa shape index (κ2) is 6.85. The molecule has 0 radical (unpaired) electrons. The molecule has 0 bridgehead atoms. The van der Waals surface area contributed by atoms with Gasteiger partial charge in [-0.1, -0.05) is 12.1 Å². The maximum atomic E-state index is 11.8. The zero-order valence-electron chi connectivity index (χ0n) is 11.5. The number of carbonyl (C=O) groups excluding carboxylic acids is 1. The van der Waals surface area contributed by atoms with E-state index in [1.54, 1.807) is 30.4 Å². The van der Waals surface area contributed by atoms with Crippen LogP contribution >= 0.6 is 11.3 Å². The highest BCUT2D eigenvalue weighted by Crippen LogP contribution is 2.24.